The van der Waals surface area contributed by atoms with Crippen molar-refractivity contribution in [2.75, 3.05) is 14.1 Å². The first kappa shape index (κ1) is 31.5. The Morgan fingerprint density at radius 3 is 1.44 bits per heavy atom. The highest BCUT2D eigenvalue weighted by atomic mass is 35.5. The number of para-hydroxylation sites is 1. The Morgan fingerprint density at radius 1 is 0.585 bits per heavy atom. The molecule has 214 valence electrons. The third-order valence-corrected chi connectivity index (χ3v) is 11.0. The van der Waals surface area contributed by atoms with Gasteiger partial charge in [-0.05, 0) is 66.7 Å². The highest BCUT2D eigenvalue weighted by molar-refractivity contribution is 8.10. The van der Waals surface area contributed by atoms with Gasteiger partial charge in [0.15, 0.2) is 0 Å². The molecule has 4 aromatic rings. The SMILES string of the molecule is O=CN(Nc1c(Cl)cccc1Cl)c1cccc(N(S(=O)(=O)c2cc(Cl)cc(Cl)c2)S(=O)(=O)c2cc(Cl)cc(Cl)c2)c1. The van der Waals surface area contributed by atoms with Gasteiger partial charge in [0.2, 0.25) is 6.41 Å². The minimum Gasteiger partial charge on any atom is -0.289 e. The van der Waals surface area contributed by atoms with Crippen LogP contribution < -0.4 is 14.1 Å². The summed E-state index contributed by atoms with van der Waals surface area (Å²) in [4.78, 5) is 11.0. The van der Waals surface area contributed by atoms with Crippen LogP contribution in [0.2, 0.25) is 30.1 Å². The largest absolute Gasteiger partial charge is 0.289 e. The molecular formula is C25H15Cl6N3O5S2. The fourth-order valence-corrected chi connectivity index (χ4v) is 9.20. The average Bonchev–Trinajstić information content (AvgIpc) is 2.87. The van der Waals surface area contributed by atoms with Crippen LogP contribution in [0.5, 0.6) is 0 Å². The van der Waals surface area contributed by atoms with E-state index in [1.807, 2.05) is 0 Å². The molecule has 16 heteroatoms. The zero-order chi connectivity index (χ0) is 30.1. The molecule has 0 bridgehead atoms. The van der Waals surface area contributed by atoms with E-state index in [-0.39, 0.29) is 50.9 Å². The Morgan fingerprint density at radius 2 is 1.00 bits per heavy atom. The lowest BCUT2D eigenvalue weighted by Crippen LogP contribution is -2.37. The molecule has 0 aliphatic rings. The van der Waals surface area contributed by atoms with Crippen LogP contribution in [0.25, 0.3) is 0 Å². The second kappa shape index (κ2) is 12.4. The molecule has 0 spiro atoms. The number of anilines is 3. The van der Waals surface area contributed by atoms with E-state index < -0.39 is 29.8 Å². The summed E-state index contributed by atoms with van der Waals surface area (Å²) in [5.74, 6) is 0. The van der Waals surface area contributed by atoms with Crippen LogP contribution in [0, 0.1) is 0 Å². The first-order chi connectivity index (χ1) is 19.2. The summed E-state index contributed by atoms with van der Waals surface area (Å²) in [6, 6.07) is 16.5. The van der Waals surface area contributed by atoms with Gasteiger partial charge in [0.05, 0.1) is 36.9 Å². The van der Waals surface area contributed by atoms with Crippen LogP contribution in [0.3, 0.4) is 0 Å². The summed E-state index contributed by atoms with van der Waals surface area (Å²) in [5.41, 5.74) is 2.55. The van der Waals surface area contributed by atoms with Gasteiger partial charge in [-0.25, -0.2) is 21.8 Å². The van der Waals surface area contributed by atoms with Crippen molar-refractivity contribution in [3.8, 4) is 0 Å². The maximum Gasteiger partial charge on any atom is 0.277 e. The molecule has 1 amide bonds. The number of nitrogens with one attached hydrogen (secondary N) is 1. The van der Waals surface area contributed by atoms with E-state index in [0.717, 1.165) is 35.3 Å². The quantitative estimate of drug-likeness (QED) is 0.139. The van der Waals surface area contributed by atoms with Crippen molar-refractivity contribution in [3.05, 3.63) is 109 Å². The third-order valence-electron chi connectivity index (χ3n) is 5.32. The molecule has 4 rings (SSSR count). The second-order valence-electron chi connectivity index (χ2n) is 8.12. The zero-order valence-corrected chi connectivity index (χ0v) is 26.3. The Balaban J connectivity index is 1.93. The molecule has 0 unspecified atom stereocenters. The number of hydrazine groups is 1. The van der Waals surface area contributed by atoms with E-state index in [4.69, 9.17) is 69.6 Å². The van der Waals surface area contributed by atoms with Crippen molar-refractivity contribution < 1.29 is 21.6 Å². The highest BCUT2D eigenvalue weighted by Gasteiger charge is 2.38. The fraction of sp³-hybridized carbons (Fsp3) is 0. The number of hydrogen-bond acceptors (Lipinski definition) is 6. The highest BCUT2D eigenvalue weighted by Crippen LogP contribution is 2.37. The fourth-order valence-electron chi connectivity index (χ4n) is 3.59. The molecular weight excluding hydrogens is 699 g/mol. The number of halogens is 6. The Hall–Kier alpha value is -2.41. The summed E-state index contributed by atoms with van der Waals surface area (Å²) in [6.07, 6.45) is 0.361. The molecule has 0 aliphatic heterocycles. The second-order valence-corrected chi connectivity index (χ2v) is 14.5. The third kappa shape index (κ3) is 6.81. The van der Waals surface area contributed by atoms with E-state index >= 15 is 0 Å². The Kier molecular flexibility index (Phi) is 9.57. The molecule has 0 aromatic heterocycles. The first-order valence-electron chi connectivity index (χ1n) is 11.0. The predicted molar refractivity (Wildman–Crippen MR) is 165 cm³/mol. The number of nitrogens with zero attached hydrogens (tertiary/aromatic N) is 2. The minimum atomic E-state index is -4.93. The number of carbonyl (C=O) groups is 1. The summed E-state index contributed by atoms with van der Waals surface area (Å²) >= 11 is 36.6. The van der Waals surface area contributed by atoms with Crippen LogP contribution in [0.4, 0.5) is 17.1 Å². The number of benzene rings is 4. The van der Waals surface area contributed by atoms with Gasteiger partial charge in [-0.2, -0.15) is 3.71 Å². The summed E-state index contributed by atoms with van der Waals surface area (Å²) in [5, 5.41) is 1.08. The lowest BCUT2D eigenvalue weighted by Gasteiger charge is -2.26. The van der Waals surface area contributed by atoms with Crippen LogP contribution in [0.1, 0.15) is 0 Å². The van der Waals surface area contributed by atoms with Crippen molar-refractivity contribution in [2.45, 2.75) is 9.79 Å². The van der Waals surface area contributed by atoms with Crippen molar-refractivity contribution in [2.24, 2.45) is 0 Å². The van der Waals surface area contributed by atoms with Gasteiger partial charge in [0, 0.05) is 20.1 Å². The van der Waals surface area contributed by atoms with E-state index in [9.17, 15) is 21.6 Å². The van der Waals surface area contributed by atoms with Gasteiger partial charge in [-0.15, -0.1) is 0 Å². The van der Waals surface area contributed by atoms with Crippen molar-refractivity contribution in [3.63, 3.8) is 0 Å². The molecule has 1 N–H and O–H groups in total. The van der Waals surface area contributed by atoms with Gasteiger partial charge in [0.25, 0.3) is 20.0 Å². The average molecular weight is 714 g/mol. The normalized spacial score (nSPS) is 11.7. The molecule has 0 heterocycles. The monoisotopic (exact) mass is 711 g/mol. The van der Waals surface area contributed by atoms with Crippen molar-refractivity contribution in [1.82, 2.24) is 0 Å². The lowest BCUT2D eigenvalue weighted by molar-refractivity contribution is -0.107. The van der Waals surface area contributed by atoms with Crippen molar-refractivity contribution in [1.29, 1.82) is 0 Å². The molecule has 4 aromatic carbocycles. The van der Waals surface area contributed by atoms with Gasteiger partial charge in [-0.3, -0.25) is 10.2 Å². The van der Waals surface area contributed by atoms with Crippen LogP contribution in [0.15, 0.2) is 88.7 Å². The van der Waals surface area contributed by atoms with Crippen LogP contribution in [-0.2, 0) is 24.8 Å². The maximum atomic E-state index is 14.0. The topological polar surface area (TPSA) is 104 Å². The molecule has 0 saturated heterocycles. The van der Waals surface area contributed by atoms with Crippen LogP contribution >= 0.6 is 69.6 Å². The molecule has 0 saturated carbocycles. The maximum absolute atomic E-state index is 14.0. The van der Waals surface area contributed by atoms with E-state index in [2.05, 4.69) is 5.43 Å². The van der Waals surface area contributed by atoms with Gasteiger partial charge < -0.3 is 0 Å². The van der Waals surface area contributed by atoms with Crippen molar-refractivity contribution >= 4 is 113 Å². The number of hydrogen-bond donors (Lipinski definition) is 1. The Bertz CT molecular complexity index is 1730. The summed E-state index contributed by atoms with van der Waals surface area (Å²) < 4.78 is 56.1. The lowest BCUT2D eigenvalue weighted by atomic mass is 10.3. The van der Waals surface area contributed by atoms with Crippen LogP contribution in [-0.4, -0.2) is 23.2 Å². The van der Waals surface area contributed by atoms with E-state index in [0.29, 0.717) is 6.41 Å². The number of sulfonamides is 2. The zero-order valence-electron chi connectivity index (χ0n) is 20.1. The molecule has 0 radical (unpaired) electrons. The standard InChI is InChI=1S/C25H15Cl6N3O5S2/c26-15-7-16(27)10-21(9-15)40(36,37)34(41(38,39)22-11-17(28)8-18(29)12-22)20-4-1-3-19(13-20)33(14-35)32-25-23(30)5-2-6-24(25)31/h1-14,32H. The predicted octanol–water partition coefficient (Wildman–Crippen LogP) is 8.18. The molecule has 0 atom stereocenters. The molecule has 0 aliphatic carbocycles. The number of carbonyl (C=O) groups excluding carboxylic acids is 1. The molecule has 41 heavy (non-hydrogen) atoms. The molecule has 8 nitrogen and oxygen atoms in total. The Labute approximate surface area is 266 Å². The smallest absolute Gasteiger partial charge is 0.277 e. The number of amides is 1. The molecule has 0 fully saturated rings. The first-order valence-corrected chi connectivity index (χ1v) is 16.2. The van der Waals surface area contributed by atoms with Gasteiger partial charge >= 0.3 is 0 Å². The van der Waals surface area contributed by atoms with E-state index in [1.165, 1.54) is 42.5 Å². The van der Waals surface area contributed by atoms with Gasteiger partial charge in [-0.1, -0.05) is 81.7 Å². The summed E-state index contributed by atoms with van der Waals surface area (Å²) in [6.45, 7) is 0. The number of rotatable bonds is 9. The summed E-state index contributed by atoms with van der Waals surface area (Å²) in [7, 11) is -9.86. The van der Waals surface area contributed by atoms with E-state index in [1.54, 1.807) is 6.07 Å². The minimum absolute atomic E-state index is 0.0251. The van der Waals surface area contributed by atoms with Gasteiger partial charge in [0.1, 0.15) is 0 Å².